The topological polar surface area (TPSA) is 20.2 Å². The highest BCUT2D eigenvalue weighted by molar-refractivity contribution is 5.25. The van der Waals surface area contributed by atoms with E-state index in [2.05, 4.69) is 55.5 Å². The number of hydrogen-bond acceptors (Lipinski definition) is 1. The Hall–Kier alpha value is -1.60. The molecule has 0 saturated carbocycles. The molecule has 0 aliphatic carbocycles. The summed E-state index contributed by atoms with van der Waals surface area (Å²) < 4.78 is 0. The van der Waals surface area contributed by atoms with Gasteiger partial charge in [0.05, 0.1) is 6.10 Å². The first-order valence-electron chi connectivity index (χ1n) is 8.10. The lowest BCUT2D eigenvalue weighted by Crippen LogP contribution is -1.98. The molecule has 0 saturated heterocycles. The van der Waals surface area contributed by atoms with Crippen LogP contribution in [0.4, 0.5) is 0 Å². The highest BCUT2D eigenvalue weighted by Gasteiger charge is 2.06. The van der Waals surface area contributed by atoms with Gasteiger partial charge in [0.25, 0.3) is 0 Å². The number of aliphatic hydroxyl groups is 1. The van der Waals surface area contributed by atoms with Crippen molar-refractivity contribution in [2.45, 2.75) is 51.6 Å². The predicted octanol–water partition coefficient (Wildman–Crippen LogP) is 5.09. The normalized spacial score (nSPS) is 12.3. The summed E-state index contributed by atoms with van der Waals surface area (Å²) in [6.45, 7) is 2.11. The number of aryl methyl sites for hydroxylation is 2. The summed E-state index contributed by atoms with van der Waals surface area (Å²) in [5.74, 6) is 0. The second-order valence-corrected chi connectivity index (χ2v) is 5.74. The fourth-order valence-electron chi connectivity index (χ4n) is 2.70. The molecule has 2 aromatic carbocycles. The maximum atomic E-state index is 10.1. The first-order chi connectivity index (χ1) is 10.3. The number of rotatable bonds is 8. The highest BCUT2D eigenvalue weighted by atomic mass is 16.3. The van der Waals surface area contributed by atoms with E-state index < -0.39 is 0 Å². The van der Waals surface area contributed by atoms with Gasteiger partial charge in [-0.3, -0.25) is 0 Å². The summed E-state index contributed by atoms with van der Waals surface area (Å²) >= 11 is 0. The van der Waals surface area contributed by atoms with Crippen molar-refractivity contribution >= 4 is 0 Å². The zero-order valence-electron chi connectivity index (χ0n) is 13.0. The van der Waals surface area contributed by atoms with Crippen molar-refractivity contribution in [3.05, 3.63) is 71.3 Å². The summed E-state index contributed by atoms with van der Waals surface area (Å²) in [7, 11) is 0. The summed E-state index contributed by atoms with van der Waals surface area (Å²) in [5.41, 5.74) is 3.83. The summed E-state index contributed by atoms with van der Waals surface area (Å²) in [6, 6.07) is 19.1. The molecule has 1 heteroatoms. The molecule has 112 valence electrons. The van der Waals surface area contributed by atoms with Crippen molar-refractivity contribution in [3.63, 3.8) is 0 Å². The molecule has 0 aliphatic rings. The third-order valence-electron chi connectivity index (χ3n) is 3.92. The van der Waals surface area contributed by atoms with E-state index in [-0.39, 0.29) is 6.10 Å². The van der Waals surface area contributed by atoms with E-state index in [0.717, 1.165) is 31.2 Å². The molecule has 1 N–H and O–H groups in total. The minimum absolute atomic E-state index is 0.306. The number of benzene rings is 2. The maximum Gasteiger partial charge on any atom is 0.0790 e. The SMILES string of the molecule is CCC[C@@H](O)c1cccc(CCCCc2ccccc2)c1. The van der Waals surface area contributed by atoms with E-state index in [1.54, 1.807) is 0 Å². The van der Waals surface area contributed by atoms with Crippen LogP contribution in [0.3, 0.4) is 0 Å². The van der Waals surface area contributed by atoms with E-state index in [1.807, 2.05) is 6.07 Å². The Balaban J connectivity index is 1.79. The summed E-state index contributed by atoms with van der Waals surface area (Å²) in [6.07, 6.45) is 6.21. The molecular weight excluding hydrogens is 256 g/mol. The van der Waals surface area contributed by atoms with E-state index >= 15 is 0 Å². The van der Waals surface area contributed by atoms with Gasteiger partial charge in [-0.1, -0.05) is 67.9 Å². The fourth-order valence-corrected chi connectivity index (χ4v) is 2.70. The average Bonchev–Trinajstić information content (AvgIpc) is 2.53. The zero-order valence-corrected chi connectivity index (χ0v) is 13.0. The first-order valence-corrected chi connectivity index (χ1v) is 8.10. The van der Waals surface area contributed by atoms with E-state index in [4.69, 9.17) is 0 Å². The largest absolute Gasteiger partial charge is 0.388 e. The van der Waals surface area contributed by atoms with Crippen LogP contribution in [0.5, 0.6) is 0 Å². The summed E-state index contributed by atoms with van der Waals surface area (Å²) in [4.78, 5) is 0. The quantitative estimate of drug-likeness (QED) is 0.669. The van der Waals surface area contributed by atoms with Gasteiger partial charge in [0.1, 0.15) is 0 Å². The van der Waals surface area contributed by atoms with Crippen LogP contribution in [-0.2, 0) is 12.8 Å². The van der Waals surface area contributed by atoms with Crippen LogP contribution in [0.1, 0.15) is 55.4 Å². The van der Waals surface area contributed by atoms with Crippen LogP contribution in [0, 0.1) is 0 Å². The smallest absolute Gasteiger partial charge is 0.0790 e. The first kappa shape index (κ1) is 15.8. The highest BCUT2D eigenvalue weighted by Crippen LogP contribution is 2.20. The molecule has 2 rings (SSSR count). The molecule has 0 amide bonds. The standard InChI is InChI=1S/C20H26O/c1-2-9-20(21)19-15-8-14-18(16-19)13-7-6-12-17-10-4-3-5-11-17/h3-5,8,10-11,14-16,20-21H,2,6-7,9,12-13H2,1H3/t20-/m1/s1. The van der Waals surface area contributed by atoms with Gasteiger partial charge in [0.2, 0.25) is 0 Å². The molecule has 0 fully saturated rings. The van der Waals surface area contributed by atoms with Crippen LogP contribution in [0.2, 0.25) is 0 Å². The Morgan fingerprint density at radius 3 is 2.24 bits per heavy atom. The second kappa shape index (κ2) is 8.63. The van der Waals surface area contributed by atoms with Crippen LogP contribution in [0.15, 0.2) is 54.6 Å². The van der Waals surface area contributed by atoms with Crippen LogP contribution < -0.4 is 0 Å². The van der Waals surface area contributed by atoms with Gasteiger partial charge in [0.15, 0.2) is 0 Å². The van der Waals surface area contributed by atoms with E-state index in [1.165, 1.54) is 24.0 Å². The van der Waals surface area contributed by atoms with Gasteiger partial charge in [0, 0.05) is 0 Å². The molecule has 0 aliphatic heterocycles. The van der Waals surface area contributed by atoms with Gasteiger partial charge in [-0.25, -0.2) is 0 Å². The van der Waals surface area contributed by atoms with Gasteiger partial charge >= 0.3 is 0 Å². The number of hydrogen-bond donors (Lipinski definition) is 1. The Labute approximate surface area is 128 Å². The van der Waals surface area contributed by atoms with Crippen molar-refractivity contribution < 1.29 is 5.11 Å². The van der Waals surface area contributed by atoms with E-state index in [0.29, 0.717) is 0 Å². The molecule has 0 unspecified atom stereocenters. The van der Waals surface area contributed by atoms with Crippen LogP contribution in [-0.4, -0.2) is 5.11 Å². The Morgan fingerprint density at radius 2 is 1.52 bits per heavy atom. The third kappa shape index (κ3) is 5.35. The van der Waals surface area contributed by atoms with E-state index in [9.17, 15) is 5.11 Å². The molecule has 21 heavy (non-hydrogen) atoms. The Kier molecular flexibility index (Phi) is 6.49. The Morgan fingerprint density at radius 1 is 0.857 bits per heavy atom. The van der Waals surface area contributed by atoms with Crippen molar-refractivity contribution in [1.82, 2.24) is 0 Å². The predicted molar refractivity (Wildman–Crippen MR) is 89.4 cm³/mol. The minimum atomic E-state index is -0.306. The van der Waals surface area contributed by atoms with Crippen molar-refractivity contribution in [3.8, 4) is 0 Å². The second-order valence-electron chi connectivity index (χ2n) is 5.74. The molecule has 0 bridgehead atoms. The lowest BCUT2D eigenvalue weighted by molar-refractivity contribution is 0.166. The minimum Gasteiger partial charge on any atom is -0.388 e. The molecule has 0 radical (unpaired) electrons. The molecule has 1 atom stereocenters. The number of unbranched alkanes of at least 4 members (excludes halogenated alkanes) is 1. The molecule has 1 nitrogen and oxygen atoms in total. The monoisotopic (exact) mass is 282 g/mol. The molecule has 0 aromatic heterocycles. The molecular formula is C20H26O. The van der Waals surface area contributed by atoms with Gasteiger partial charge in [-0.15, -0.1) is 0 Å². The van der Waals surface area contributed by atoms with Gasteiger partial charge in [-0.2, -0.15) is 0 Å². The molecule has 0 spiro atoms. The lowest BCUT2D eigenvalue weighted by atomic mass is 9.99. The van der Waals surface area contributed by atoms with Crippen LogP contribution in [0.25, 0.3) is 0 Å². The zero-order chi connectivity index (χ0) is 14.9. The van der Waals surface area contributed by atoms with Crippen molar-refractivity contribution in [2.75, 3.05) is 0 Å². The fraction of sp³-hybridized carbons (Fsp3) is 0.400. The van der Waals surface area contributed by atoms with Gasteiger partial charge in [-0.05, 0) is 48.8 Å². The lowest BCUT2D eigenvalue weighted by Gasteiger charge is -2.11. The van der Waals surface area contributed by atoms with Crippen molar-refractivity contribution in [1.29, 1.82) is 0 Å². The van der Waals surface area contributed by atoms with Gasteiger partial charge < -0.3 is 5.11 Å². The van der Waals surface area contributed by atoms with Crippen molar-refractivity contribution in [2.24, 2.45) is 0 Å². The summed E-state index contributed by atoms with van der Waals surface area (Å²) in [5, 5.41) is 10.1. The molecule has 0 heterocycles. The maximum absolute atomic E-state index is 10.1. The number of aliphatic hydroxyl groups excluding tert-OH is 1. The third-order valence-corrected chi connectivity index (χ3v) is 3.92. The van der Waals surface area contributed by atoms with Crippen LogP contribution >= 0.6 is 0 Å². The Bertz CT molecular complexity index is 518. The molecule has 2 aromatic rings. The average molecular weight is 282 g/mol.